The van der Waals surface area contributed by atoms with Crippen LogP contribution in [0.3, 0.4) is 0 Å². The predicted molar refractivity (Wildman–Crippen MR) is 60.1 cm³/mol. The Labute approximate surface area is 86.9 Å². The van der Waals surface area contributed by atoms with E-state index in [9.17, 15) is 4.79 Å². The van der Waals surface area contributed by atoms with Crippen molar-refractivity contribution in [2.24, 2.45) is 11.8 Å². The lowest BCUT2D eigenvalue weighted by molar-refractivity contribution is -0.109. The summed E-state index contributed by atoms with van der Waals surface area (Å²) in [6.45, 7) is 5.88. The first kappa shape index (κ1) is 11.2. The van der Waals surface area contributed by atoms with Crippen LogP contribution in [-0.2, 0) is 4.79 Å². The lowest BCUT2D eigenvalue weighted by atomic mass is 9.74. The zero-order valence-electron chi connectivity index (χ0n) is 9.04. The minimum atomic E-state index is 0.581. The Balaban J connectivity index is 2.66. The third-order valence-electron chi connectivity index (χ3n) is 3.27. The molecule has 0 saturated heterocycles. The largest absolute Gasteiger partial charge is 0.303 e. The van der Waals surface area contributed by atoms with Gasteiger partial charge in [0.1, 0.15) is 6.29 Å². The van der Waals surface area contributed by atoms with E-state index in [0.29, 0.717) is 11.8 Å². The van der Waals surface area contributed by atoms with Crippen LogP contribution in [0.1, 0.15) is 39.0 Å². The SMILES string of the molecule is C=C/C=C(/C)[C@H]1CCCC[C@@H]1CC=O. The summed E-state index contributed by atoms with van der Waals surface area (Å²) in [6, 6.07) is 0. The van der Waals surface area contributed by atoms with Crippen molar-refractivity contribution >= 4 is 6.29 Å². The molecule has 2 atom stereocenters. The standard InChI is InChI=1S/C13H20O/c1-3-6-11(2)13-8-5-4-7-12(13)9-10-14/h3,6,10,12-13H,1,4-5,7-9H2,2H3/b11-6-/t12-,13-/m1/s1. The Morgan fingerprint density at radius 3 is 2.79 bits per heavy atom. The van der Waals surface area contributed by atoms with Gasteiger partial charge in [-0.05, 0) is 31.6 Å². The first-order valence-electron chi connectivity index (χ1n) is 5.52. The van der Waals surface area contributed by atoms with Crippen LogP contribution in [0.4, 0.5) is 0 Å². The van der Waals surface area contributed by atoms with E-state index in [-0.39, 0.29) is 0 Å². The first-order chi connectivity index (χ1) is 6.79. The van der Waals surface area contributed by atoms with Crippen molar-refractivity contribution in [3.8, 4) is 0 Å². The van der Waals surface area contributed by atoms with Gasteiger partial charge in [-0.15, -0.1) is 0 Å². The minimum absolute atomic E-state index is 0.581. The van der Waals surface area contributed by atoms with E-state index in [0.717, 1.165) is 12.7 Å². The van der Waals surface area contributed by atoms with E-state index in [4.69, 9.17) is 0 Å². The quantitative estimate of drug-likeness (QED) is 0.492. The van der Waals surface area contributed by atoms with Crippen LogP contribution in [0.5, 0.6) is 0 Å². The van der Waals surface area contributed by atoms with Gasteiger partial charge >= 0.3 is 0 Å². The maximum Gasteiger partial charge on any atom is 0.120 e. The third-order valence-corrected chi connectivity index (χ3v) is 3.27. The highest BCUT2D eigenvalue weighted by molar-refractivity contribution is 5.50. The summed E-state index contributed by atoms with van der Waals surface area (Å²) in [6.07, 6.45) is 10.8. The molecule has 1 aliphatic carbocycles. The molecule has 1 saturated carbocycles. The monoisotopic (exact) mass is 192 g/mol. The number of carbonyl (C=O) groups excluding carboxylic acids is 1. The van der Waals surface area contributed by atoms with Crippen molar-refractivity contribution in [2.45, 2.75) is 39.0 Å². The third kappa shape index (κ3) is 2.83. The fraction of sp³-hybridized carbons (Fsp3) is 0.615. The van der Waals surface area contributed by atoms with Crippen molar-refractivity contribution < 1.29 is 4.79 Å². The van der Waals surface area contributed by atoms with Crippen molar-refractivity contribution in [3.63, 3.8) is 0 Å². The molecular weight excluding hydrogens is 172 g/mol. The van der Waals surface area contributed by atoms with Crippen LogP contribution < -0.4 is 0 Å². The fourth-order valence-corrected chi connectivity index (χ4v) is 2.52. The van der Waals surface area contributed by atoms with Gasteiger partial charge in [0.25, 0.3) is 0 Å². The van der Waals surface area contributed by atoms with Crippen molar-refractivity contribution in [3.05, 3.63) is 24.3 Å². The normalized spacial score (nSPS) is 28.5. The molecule has 0 spiro atoms. The molecule has 0 N–H and O–H groups in total. The molecule has 0 aromatic heterocycles. The molecule has 1 aliphatic rings. The number of rotatable bonds is 4. The Bertz CT molecular complexity index is 227. The van der Waals surface area contributed by atoms with Gasteiger partial charge in [0.05, 0.1) is 0 Å². The molecule has 0 unspecified atom stereocenters. The second-order valence-electron chi connectivity index (χ2n) is 4.20. The van der Waals surface area contributed by atoms with E-state index in [1.165, 1.54) is 31.3 Å². The van der Waals surface area contributed by atoms with Gasteiger partial charge in [-0.3, -0.25) is 0 Å². The molecule has 14 heavy (non-hydrogen) atoms. The van der Waals surface area contributed by atoms with Gasteiger partial charge in [0, 0.05) is 6.42 Å². The molecule has 0 amide bonds. The Kier molecular flexibility index (Phi) is 4.64. The Morgan fingerprint density at radius 2 is 2.14 bits per heavy atom. The zero-order chi connectivity index (χ0) is 10.4. The second-order valence-corrected chi connectivity index (χ2v) is 4.20. The summed E-state index contributed by atoms with van der Waals surface area (Å²) in [7, 11) is 0. The Hall–Kier alpha value is -0.850. The van der Waals surface area contributed by atoms with Gasteiger partial charge in [0.2, 0.25) is 0 Å². The molecule has 0 bridgehead atoms. The van der Waals surface area contributed by atoms with Gasteiger partial charge in [0.15, 0.2) is 0 Å². The van der Waals surface area contributed by atoms with Gasteiger partial charge in [-0.2, -0.15) is 0 Å². The highest BCUT2D eigenvalue weighted by Gasteiger charge is 2.25. The molecular formula is C13H20O. The minimum Gasteiger partial charge on any atom is -0.303 e. The number of hydrogen-bond acceptors (Lipinski definition) is 1. The highest BCUT2D eigenvalue weighted by Crippen LogP contribution is 2.36. The maximum atomic E-state index is 10.6. The first-order valence-corrected chi connectivity index (χ1v) is 5.52. The topological polar surface area (TPSA) is 17.1 Å². The van der Waals surface area contributed by atoms with Crippen LogP contribution >= 0.6 is 0 Å². The number of aldehydes is 1. The van der Waals surface area contributed by atoms with Gasteiger partial charge < -0.3 is 4.79 Å². The maximum absolute atomic E-state index is 10.6. The van der Waals surface area contributed by atoms with Crippen LogP contribution in [0.15, 0.2) is 24.3 Å². The number of hydrogen-bond donors (Lipinski definition) is 0. The summed E-state index contributed by atoms with van der Waals surface area (Å²) in [5, 5.41) is 0. The van der Waals surface area contributed by atoms with Crippen molar-refractivity contribution in [1.29, 1.82) is 0 Å². The lowest BCUT2D eigenvalue weighted by Gasteiger charge is -2.31. The molecule has 1 nitrogen and oxygen atoms in total. The second kappa shape index (κ2) is 5.79. The average Bonchev–Trinajstić information content (AvgIpc) is 2.19. The predicted octanol–water partition coefficient (Wildman–Crippen LogP) is 3.51. The van der Waals surface area contributed by atoms with E-state index in [1.807, 2.05) is 6.08 Å². The van der Waals surface area contributed by atoms with Gasteiger partial charge in [-0.25, -0.2) is 0 Å². The highest BCUT2D eigenvalue weighted by atomic mass is 16.1. The van der Waals surface area contributed by atoms with Crippen molar-refractivity contribution in [2.75, 3.05) is 0 Å². The molecule has 0 heterocycles. The van der Waals surface area contributed by atoms with Crippen LogP contribution in [0.2, 0.25) is 0 Å². The van der Waals surface area contributed by atoms with Crippen LogP contribution in [-0.4, -0.2) is 6.29 Å². The number of allylic oxidation sites excluding steroid dienone is 3. The number of carbonyl (C=O) groups is 1. The molecule has 0 aromatic rings. The van der Waals surface area contributed by atoms with Crippen molar-refractivity contribution in [1.82, 2.24) is 0 Å². The molecule has 1 heteroatoms. The van der Waals surface area contributed by atoms with E-state index in [1.54, 1.807) is 0 Å². The summed E-state index contributed by atoms with van der Waals surface area (Å²) < 4.78 is 0. The van der Waals surface area contributed by atoms with E-state index >= 15 is 0 Å². The van der Waals surface area contributed by atoms with Gasteiger partial charge in [-0.1, -0.05) is 37.1 Å². The zero-order valence-corrected chi connectivity index (χ0v) is 9.04. The molecule has 78 valence electrons. The van der Waals surface area contributed by atoms with E-state index in [2.05, 4.69) is 19.6 Å². The summed E-state index contributed by atoms with van der Waals surface area (Å²) in [5.41, 5.74) is 1.39. The molecule has 1 fully saturated rings. The molecule has 1 rings (SSSR count). The summed E-state index contributed by atoms with van der Waals surface area (Å²) in [4.78, 5) is 10.6. The molecule has 0 aliphatic heterocycles. The van der Waals surface area contributed by atoms with Crippen LogP contribution in [0.25, 0.3) is 0 Å². The Morgan fingerprint density at radius 1 is 1.43 bits per heavy atom. The smallest absolute Gasteiger partial charge is 0.120 e. The van der Waals surface area contributed by atoms with Crippen LogP contribution in [0, 0.1) is 11.8 Å². The summed E-state index contributed by atoms with van der Waals surface area (Å²) >= 11 is 0. The average molecular weight is 192 g/mol. The summed E-state index contributed by atoms with van der Waals surface area (Å²) in [5.74, 6) is 1.20. The van der Waals surface area contributed by atoms with E-state index < -0.39 is 0 Å². The fourth-order valence-electron chi connectivity index (χ4n) is 2.52. The lowest BCUT2D eigenvalue weighted by Crippen LogP contribution is -2.20. The molecule has 0 aromatic carbocycles. The molecule has 0 radical (unpaired) electrons.